The number of unbranched alkanes of at least 4 members (excludes halogenated alkanes) is 5. The Balaban J connectivity index is 0.000000331. The predicted molar refractivity (Wildman–Crippen MR) is 134 cm³/mol. The van der Waals surface area contributed by atoms with E-state index in [2.05, 4.69) is 18.7 Å². The molecule has 2 aromatic carbocycles. The van der Waals surface area contributed by atoms with Crippen LogP contribution in [0.3, 0.4) is 0 Å². The van der Waals surface area contributed by atoms with Gasteiger partial charge in [-0.2, -0.15) is 0 Å². The van der Waals surface area contributed by atoms with Crippen LogP contribution in [0.15, 0.2) is 60.7 Å². The van der Waals surface area contributed by atoms with Crippen molar-refractivity contribution >= 4 is 5.97 Å². The minimum absolute atomic E-state index is 0.131. The smallest absolute Gasteiger partial charge is 0.348 e. The monoisotopic (exact) mass is 451 g/mol. The summed E-state index contributed by atoms with van der Waals surface area (Å²) in [6.07, 6.45) is 10.5. The zero-order chi connectivity index (χ0) is 23.5. The van der Waals surface area contributed by atoms with Crippen molar-refractivity contribution in [3.8, 4) is 0 Å². The van der Waals surface area contributed by atoms with Crippen molar-refractivity contribution in [2.45, 2.75) is 76.9 Å². The molecule has 0 unspecified atom stereocenters. The summed E-state index contributed by atoms with van der Waals surface area (Å²) in [5.41, 5.74) is -0.714. The van der Waals surface area contributed by atoms with Gasteiger partial charge in [0.1, 0.15) is 6.10 Å². The third-order valence-electron chi connectivity index (χ3n) is 6.99. The number of fused-ring (bicyclic) bond motifs is 3. The lowest BCUT2D eigenvalue weighted by Crippen LogP contribution is -2.53. The number of carbonyl (C=O) groups is 1. The molecule has 5 rings (SSSR count). The first kappa shape index (κ1) is 25.5. The number of esters is 1. The van der Waals surface area contributed by atoms with Crippen LogP contribution < -0.4 is 0 Å². The highest BCUT2D eigenvalue weighted by Crippen LogP contribution is 2.35. The molecule has 0 spiro atoms. The predicted octanol–water partition coefficient (Wildman–Crippen LogP) is 5.93. The van der Waals surface area contributed by atoms with Crippen LogP contribution in [0.25, 0.3) is 0 Å². The molecule has 1 atom stereocenters. The first-order valence-corrected chi connectivity index (χ1v) is 12.9. The van der Waals surface area contributed by atoms with Crippen molar-refractivity contribution in [1.29, 1.82) is 0 Å². The summed E-state index contributed by atoms with van der Waals surface area (Å²) in [6, 6.07) is 18.1. The maximum absolute atomic E-state index is 13.1. The molecular weight excluding hydrogens is 410 g/mol. The van der Waals surface area contributed by atoms with Gasteiger partial charge in [0.05, 0.1) is 0 Å². The van der Waals surface area contributed by atoms with E-state index in [9.17, 15) is 9.90 Å². The van der Waals surface area contributed by atoms with Crippen LogP contribution in [-0.4, -0.2) is 41.7 Å². The van der Waals surface area contributed by atoms with Gasteiger partial charge >= 0.3 is 5.97 Å². The number of piperidine rings is 3. The lowest BCUT2D eigenvalue weighted by atomic mass is 9.84. The van der Waals surface area contributed by atoms with Crippen molar-refractivity contribution in [3.05, 3.63) is 71.8 Å². The van der Waals surface area contributed by atoms with E-state index in [1.165, 1.54) is 38.5 Å². The van der Waals surface area contributed by atoms with Crippen molar-refractivity contribution in [2.24, 2.45) is 5.92 Å². The van der Waals surface area contributed by atoms with Crippen LogP contribution in [-0.2, 0) is 15.1 Å². The number of aliphatic hydroxyl groups is 1. The van der Waals surface area contributed by atoms with Gasteiger partial charge in [0, 0.05) is 6.54 Å². The Morgan fingerprint density at radius 2 is 1.36 bits per heavy atom. The summed E-state index contributed by atoms with van der Waals surface area (Å²) in [7, 11) is 0. The van der Waals surface area contributed by atoms with Gasteiger partial charge in [-0.25, -0.2) is 4.79 Å². The first-order chi connectivity index (χ1) is 16.1. The third-order valence-corrected chi connectivity index (χ3v) is 6.99. The van der Waals surface area contributed by atoms with Crippen LogP contribution in [0.2, 0.25) is 0 Å². The first-order valence-electron chi connectivity index (χ1n) is 12.9. The van der Waals surface area contributed by atoms with Gasteiger partial charge in [-0.15, -0.1) is 0 Å². The molecule has 3 saturated heterocycles. The molecule has 0 saturated carbocycles. The van der Waals surface area contributed by atoms with Gasteiger partial charge in [-0.05, 0) is 43.0 Å². The molecule has 1 N–H and O–H groups in total. The minimum Gasteiger partial charge on any atom is -0.458 e. The number of hydrogen-bond acceptors (Lipinski definition) is 4. The summed E-state index contributed by atoms with van der Waals surface area (Å²) >= 11 is 0. The number of hydrogen-bond donors (Lipinski definition) is 1. The largest absolute Gasteiger partial charge is 0.458 e. The molecule has 0 radical (unpaired) electrons. The second kappa shape index (κ2) is 12.9. The van der Waals surface area contributed by atoms with E-state index in [0.717, 1.165) is 32.5 Å². The lowest BCUT2D eigenvalue weighted by molar-refractivity contribution is -0.177. The van der Waals surface area contributed by atoms with Gasteiger partial charge in [0.25, 0.3) is 0 Å². The summed E-state index contributed by atoms with van der Waals surface area (Å²) in [5.74, 6) is -0.173. The average molecular weight is 452 g/mol. The molecule has 33 heavy (non-hydrogen) atoms. The Hall–Kier alpha value is -2.17. The molecule has 2 aromatic rings. The molecule has 3 aliphatic heterocycles. The molecule has 3 heterocycles. The van der Waals surface area contributed by atoms with Crippen molar-refractivity contribution in [2.75, 3.05) is 19.6 Å². The van der Waals surface area contributed by atoms with Gasteiger partial charge in [0.2, 0.25) is 5.60 Å². The number of nitrogens with zero attached hydrogens (tertiary/aromatic N) is 1. The molecule has 3 fully saturated rings. The van der Waals surface area contributed by atoms with Crippen LogP contribution in [0.1, 0.15) is 76.3 Å². The fourth-order valence-electron chi connectivity index (χ4n) is 4.88. The van der Waals surface area contributed by atoms with Gasteiger partial charge in [0.15, 0.2) is 0 Å². The number of ether oxygens (including phenoxy) is 1. The number of benzene rings is 2. The van der Waals surface area contributed by atoms with E-state index in [1.54, 1.807) is 24.3 Å². The summed E-state index contributed by atoms with van der Waals surface area (Å²) in [6.45, 7) is 7.45. The molecule has 3 aliphatic rings. The Kier molecular flexibility index (Phi) is 9.95. The van der Waals surface area contributed by atoms with Gasteiger partial charge < -0.3 is 9.84 Å². The second-order valence-electron chi connectivity index (χ2n) is 9.44. The Labute approximate surface area is 200 Å². The fraction of sp³-hybridized carbons (Fsp3) is 0.552. The maximum Gasteiger partial charge on any atom is 0.348 e. The average Bonchev–Trinajstić information content (AvgIpc) is 2.88. The molecule has 4 nitrogen and oxygen atoms in total. The number of rotatable bonds is 9. The zero-order valence-corrected chi connectivity index (χ0v) is 20.4. The van der Waals surface area contributed by atoms with Crippen molar-refractivity contribution in [1.82, 2.24) is 4.90 Å². The SMILES string of the molecule is CCCCCCCC.O=C(O[C@H]1CN2CCC1CC2)C(O)(c1ccccc1)c1ccccc1. The van der Waals surface area contributed by atoms with Gasteiger partial charge in [-0.1, -0.05) is 113 Å². The Morgan fingerprint density at radius 3 is 1.76 bits per heavy atom. The molecule has 2 bridgehead atoms. The highest BCUT2D eigenvalue weighted by molar-refractivity contribution is 5.85. The van der Waals surface area contributed by atoms with Crippen LogP contribution in [0, 0.1) is 5.92 Å². The summed E-state index contributed by atoms with van der Waals surface area (Å²) < 4.78 is 5.87. The van der Waals surface area contributed by atoms with Gasteiger partial charge in [-0.3, -0.25) is 4.90 Å². The standard InChI is InChI=1S/C21H23NO3.C8H18/c23-20(25-19-15-22-13-11-16(19)12-14-22)21(24,17-7-3-1-4-8-17)18-9-5-2-6-10-18;1-3-5-7-8-6-4-2/h1-10,16,19,24H,11-15H2;3-8H2,1-2H3/t19-;/m0./s1. The van der Waals surface area contributed by atoms with Crippen molar-refractivity contribution < 1.29 is 14.6 Å². The van der Waals surface area contributed by atoms with Crippen LogP contribution in [0.5, 0.6) is 0 Å². The van der Waals surface area contributed by atoms with E-state index in [4.69, 9.17) is 4.74 Å². The molecule has 4 heteroatoms. The highest BCUT2D eigenvalue weighted by Gasteiger charge is 2.45. The summed E-state index contributed by atoms with van der Waals surface area (Å²) in [4.78, 5) is 15.5. The minimum atomic E-state index is -1.78. The molecule has 0 aromatic heterocycles. The van der Waals surface area contributed by atoms with Crippen molar-refractivity contribution in [3.63, 3.8) is 0 Å². The molecule has 0 aliphatic carbocycles. The maximum atomic E-state index is 13.1. The fourth-order valence-corrected chi connectivity index (χ4v) is 4.88. The lowest BCUT2D eigenvalue weighted by Gasteiger charge is -2.44. The number of carbonyl (C=O) groups excluding carboxylic acids is 1. The Morgan fingerprint density at radius 1 is 0.879 bits per heavy atom. The Bertz CT molecular complexity index is 770. The van der Waals surface area contributed by atoms with E-state index in [1.807, 2.05) is 36.4 Å². The van der Waals surface area contributed by atoms with E-state index in [0.29, 0.717) is 17.0 Å². The molecule has 0 amide bonds. The van der Waals surface area contributed by atoms with Crippen LogP contribution in [0.4, 0.5) is 0 Å². The zero-order valence-electron chi connectivity index (χ0n) is 20.4. The van der Waals surface area contributed by atoms with E-state index in [-0.39, 0.29) is 6.10 Å². The third kappa shape index (κ3) is 6.68. The second-order valence-corrected chi connectivity index (χ2v) is 9.44. The van der Waals surface area contributed by atoms with E-state index < -0.39 is 11.6 Å². The van der Waals surface area contributed by atoms with Crippen LogP contribution >= 0.6 is 0 Å². The molecule has 180 valence electrons. The normalized spacial score (nSPS) is 21.7. The summed E-state index contributed by atoms with van der Waals surface area (Å²) in [5, 5.41) is 11.4. The molecular formula is C29H41NO3. The van der Waals surface area contributed by atoms with E-state index >= 15 is 0 Å². The topological polar surface area (TPSA) is 49.8 Å². The highest BCUT2D eigenvalue weighted by atomic mass is 16.6. The quantitative estimate of drug-likeness (QED) is 0.379.